The van der Waals surface area contributed by atoms with Gasteiger partial charge in [-0.1, -0.05) is 6.07 Å². The molecule has 1 fully saturated rings. The van der Waals surface area contributed by atoms with E-state index in [1.165, 1.54) is 17.7 Å². The van der Waals surface area contributed by atoms with Crippen molar-refractivity contribution >= 4 is 22.7 Å². The smallest absolute Gasteiger partial charge is 0.154 e. The van der Waals surface area contributed by atoms with Crippen LogP contribution in [0, 0.1) is 0 Å². The van der Waals surface area contributed by atoms with Crippen LogP contribution in [-0.4, -0.2) is 27.7 Å². The Morgan fingerprint density at radius 1 is 1.21 bits per heavy atom. The van der Waals surface area contributed by atoms with Crippen LogP contribution in [0.1, 0.15) is 12.8 Å². The van der Waals surface area contributed by atoms with E-state index in [0.717, 1.165) is 30.1 Å². The van der Waals surface area contributed by atoms with E-state index in [4.69, 9.17) is 0 Å². The van der Waals surface area contributed by atoms with Gasteiger partial charge in [0, 0.05) is 25.5 Å². The predicted octanol–water partition coefficient (Wildman–Crippen LogP) is 3.06. The Morgan fingerprint density at radius 3 is 2.89 bits per heavy atom. The first-order valence-corrected chi connectivity index (χ1v) is 7.43. The summed E-state index contributed by atoms with van der Waals surface area (Å²) >= 11 is 1.72. The highest BCUT2D eigenvalue weighted by Gasteiger charge is 2.18. The Hall–Kier alpha value is -1.88. The Labute approximate surface area is 115 Å². The van der Waals surface area contributed by atoms with E-state index in [-0.39, 0.29) is 0 Å². The zero-order chi connectivity index (χ0) is 12.7. The normalized spacial score (nSPS) is 15.5. The molecule has 0 aliphatic carbocycles. The van der Waals surface area contributed by atoms with Crippen molar-refractivity contribution in [3.05, 3.63) is 36.0 Å². The number of hydrogen-bond donors (Lipinski definition) is 0. The van der Waals surface area contributed by atoms with Gasteiger partial charge in [0.2, 0.25) is 0 Å². The van der Waals surface area contributed by atoms with Crippen molar-refractivity contribution in [1.82, 2.24) is 14.6 Å². The van der Waals surface area contributed by atoms with Crippen molar-refractivity contribution in [1.29, 1.82) is 0 Å². The fourth-order valence-electron chi connectivity index (χ4n) is 2.63. The largest absolute Gasteiger partial charge is 0.355 e. The van der Waals surface area contributed by atoms with Crippen LogP contribution in [0.3, 0.4) is 0 Å². The number of fused-ring (bicyclic) bond motifs is 1. The molecule has 5 heteroatoms. The van der Waals surface area contributed by atoms with Gasteiger partial charge in [-0.15, -0.1) is 11.3 Å². The van der Waals surface area contributed by atoms with E-state index in [1.54, 1.807) is 11.3 Å². The molecule has 0 bridgehead atoms. The molecular weight excluding hydrogens is 256 g/mol. The van der Waals surface area contributed by atoms with Crippen molar-refractivity contribution in [2.75, 3.05) is 18.0 Å². The van der Waals surface area contributed by atoms with Gasteiger partial charge in [0.25, 0.3) is 0 Å². The fraction of sp³-hybridized carbons (Fsp3) is 0.286. The zero-order valence-electron chi connectivity index (χ0n) is 10.5. The van der Waals surface area contributed by atoms with E-state index in [2.05, 4.69) is 38.6 Å². The van der Waals surface area contributed by atoms with Crippen LogP contribution >= 0.6 is 11.3 Å². The lowest BCUT2D eigenvalue weighted by Crippen LogP contribution is -2.19. The number of anilines is 1. The minimum Gasteiger partial charge on any atom is -0.355 e. The highest BCUT2D eigenvalue weighted by Crippen LogP contribution is 2.28. The van der Waals surface area contributed by atoms with Gasteiger partial charge in [-0.05, 0) is 30.4 Å². The number of rotatable bonds is 2. The molecule has 0 saturated carbocycles. The predicted molar refractivity (Wildman–Crippen MR) is 77.7 cm³/mol. The number of thiophene rings is 1. The molecule has 4 nitrogen and oxygen atoms in total. The van der Waals surface area contributed by atoms with Crippen LogP contribution in [0.2, 0.25) is 0 Å². The molecule has 1 saturated heterocycles. The molecule has 3 aromatic heterocycles. The van der Waals surface area contributed by atoms with Gasteiger partial charge in [-0.3, -0.25) is 0 Å². The van der Waals surface area contributed by atoms with Crippen LogP contribution in [0.15, 0.2) is 36.0 Å². The van der Waals surface area contributed by atoms with Crippen molar-refractivity contribution < 1.29 is 0 Å². The van der Waals surface area contributed by atoms with E-state index in [0.29, 0.717) is 0 Å². The Bertz CT molecular complexity index is 695. The Balaban J connectivity index is 1.86. The van der Waals surface area contributed by atoms with Gasteiger partial charge in [0.1, 0.15) is 11.2 Å². The quantitative estimate of drug-likeness (QED) is 0.717. The summed E-state index contributed by atoms with van der Waals surface area (Å²) in [5.74, 6) is 1.07. The monoisotopic (exact) mass is 270 g/mol. The second-order valence-corrected chi connectivity index (χ2v) is 5.73. The molecule has 0 unspecified atom stereocenters. The molecule has 19 heavy (non-hydrogen) atoms. The SMILES string of the molecule is c1csc(-c2cc3c(N4CCCC4)nccn3n2)c1. The maximum absolute atomic E-state index is 4.65. The summed E-state index contributed by atoms with van der Waals surface area (Å²) in [6.07, 6.45) is 6.28. The Kier molecular flexibility index (Phi) is 2.51. The molecule has 0 N–H and O–H groups in total. The summed E-state index contributed by atoms with van der Waals surface area (Å²) in [6, 6.07) is 6.31. The summed E-state index contributed by atoms with van der Waals surface area (Å²) in [7, 11) is 0. The molecule has 0 radical (unpaired) electrons. The molecule has 4 rings (SSSR count). The standard InChI is InChI=1S/C14H14N4S/c1-2-7-17(6-1)14-12-10-11(13-4-3-9-19-13)16-18(12)8-5-15-14/h3-5,8-10H,1-2,6-7H2. The van der Waals surface area contributed by atoms with Crippen LogP contribution < -0.4 is 4.90 Å². The van der Waals surface area contributed by atoms with Crippen LogP contribution in [0.4, 0.5) is 5.82 Å². The molecule has 0 spiro atoms. The fourth-order valence-corrected chi connectivity index (χ4v) is 3.31. The van der Waals surface area contributed by atoms with Gasteiger partial charge in [-0.2, -0.15) is 5.10 Å². The number of aromatic nitrogens is 3. The highest BCUT2D eigenvalue weighted by molar-refractivity contribution is 7.13. The third kappa shape index (κ3) is 1.81. The van der Waals surface area contributed by atoms with Gasteiger partial charge >= 0.3 is 0 Å². The first kappa shape index (κ1) is 11.0. The van der Waals surface area contributed by atoms with Crippen LogP contribution in [0.25, 0.3) is 16.1 Å². The average molecular weight is 270 g/mol. The van der Waals surface area contributed by atoms with E-state index < -0.39 is 0 Å². The summed E-state index contributed by atoms with van der Waals surface area (Å²) in [5, 5.41) is 6.73. The molecule has 0 amide bonds. The molecule has 1 aliphatic heterocycles. The minimum absolute atomic E-state index is 1.03. The van der Waals surface area contributed by atoms with E-state index in [9.17, 15) is 0 Å². The minimum atomic E-state index is 1.03. The molecule has 0 atom stereocenters. The zero-order valence-corrected chi connectivity index (χ0v) is 11.3. The summed E-state index contributed by atoms with van der Waals surface area (Å²) < 4.78 is 1.94. The molecular formula is C14H14N4S. The Morgan fingerprint density at radius 2 is 2.11 bits per heavy atom. The third-order valence-electron chi connectivity index (χ3n) is 3.55. The molecule has 3 aromatic rings. The number of hydrogen-bond acceptors (Lipinski definition) is 4. The second-order valence-electron chi connectivity index (χ2n) is 4.78. The molecule has 96 valence electrons. The maximum atomic E-state index is 4.65. The van der Waals surface area contributed by atoms with Gasteiger partial charge < -0.3 is 4.90 Å². The lowest BCUT2D eigenvalue weighted by Gasteiger charge is -2.16. The van der Waals surface area contributed by atoms with E-state index >= 15 is 0 Å². The van der Waals surface area contributed by atoms with Crippen LogP contribution in [0.5, 0.6) is 0 Å². The summed E-state index contributed by atoms with van der Waals surface area (Å²) in [6.45, 7) is 2.21. The van der Waals surface area contributed by atoms with Crippen molar-refractivity contribution in [2.45, 2.75) is 12.8 Å². The maximum Gasteiger partial charge on any atom is 0.154 e. The average Bonchev–Trinajstić information content (AvgIpc) is 3.18. The number of nitrogens with zero attached hydrogens (tertiary/aromatic N) is 4. The van der Waals surface area contributed by atoms with Crippen LogP contribution in [-0.2, 0) is 0 Å². The molecule has 0 aromatic carbocycles. The summed E-state index contributed by atoms with van der Waals surface area (Å²) in [4.78, 5) is 8.11. The first-order valence-electron chi connectivity index (χ1n) is 6.55. The lowest BCUT2D eigenvalue weighted by atomic mass is 10.3. The highest BCUT2D eigenvalue weighted by atomic mass is 32.1. The van der Waals surface area contributed by atoms with E-state index in [1.807, 2.05) is 16.9 Å². The van der Waals surface area contributed by atoms with Gasteiger partial charge in [0.05, 0.1) is 4.88 Å². The molecule has 4 heterocycles. The van der Waals surface area contributed by atoms with Crippen molar-refractivity contribution in [3.8, 4) is 10.6 Å². The lowest BCUT2D eigenvalue weighted by molar-refractivity contribution is 0.901. The van der Waals surface area contributed by atoms with Gasteiger partial charge in [0.15, 0.2) is 5.82 Å². The van der Waals surface area contributed by atoms with Crippen molar-refractivity contribution in [3.63, 3.8) is 0 Å². The third-order valence-corrected chi connectivity index (χ3v) is 4.44. The summed E-state index contributed by atoms with van der Waals surface area (Å²) in [5.41, 5.74) is 2.14. The molecule has 1 aliphatic rings. The first-order chi connectivity index (χ1) is 9.42. The topological polar surface area (TPSA) is 33.4 Å². The van der Waals surface area contributed by atoms with Crippen molar-refractivity contribution in [2.24, 2.45) is 0 Å². The van der Waals surface area contributed by atoms with Gasteiger partial charge in [-0.25, -0.2) is 9.50 Å². The second kappa shape index (κ2) is 4.35.